The number of para-hydroxylation sites is 1. The van der Waals surface area contributed by atoms with Gasteiger partial charge < -0.3 is 5.32 Å². The highest BCUT2D eigenvalue weighted by Crippen LogP contribution is 2.22. The molecule has 0 fully saturated rings. The van der Waals surface area contributed by atoms with Gasteiger partial charge >= 0.3 is 0 Å². The Bertz CT molecular complexity index is 1050. The number of hydrogen-bond donors (Lipinski definition) is 1. The third-order valence-corrected chi connectivity index (χ3v) is 5.54. The van der Waals surface area contributed by atoms with Crippen LogP contribution in [-0.4, -0.2) is 21.2 Å². The number of aromatic nitrogens is 2. The lowest BCUT2D eigenvalue weighted by molar-refractivity contribution is -0.113. The van der Waals surface area contributed by atoms with Crippen molar-refractivity contribution in [3.63, 3.8) is 0 Å². The summed E-state index contributed by atoms with van der Waals surface area (Å²) >= 11 is 4.70. The van der Waals surface area contributed by atoms with Gasteiger partial charge in [-0.05, 0) is 49.2 Å². The minimum absolute atomic E-state index is 0.0610. The SMILES string of the molecule is CCCn1c(SCC(=O)Nc2ccc(Br)cc2C)nc2ccccc2c1=O. The molecule has 0 saturated carbocycles. The predicted molar refractivity (Wildman–Crippen MR) is 115 cm³/mol. The molecule has 0 unspecified atom stereocenters. The zero-order valence-corrected chi connectivity index (χ0v) is 17.6. The van der Waals surface area contributed by atoms with Crippen molar-refractivity contribution in [3.05, 3.63) is 62.9 Å². The molecule has 1 amide bonds. The summed E-state index contributed by atoms with van der Waals surface area (Å²) in [4.78, 5) is 29.7. The number of nitrogens with one attached hydrogen (secondary N) is 1. The number of halogens is 1. The summed E-state index contributed by atoms with van der Waals surface area (Å²) in [6.45, 7) is 4.53. The molecule has 0 bridgehead atoms. The number of thioether (sulfide) groups is 1. The molecule has 2 aromatic carbocycles. The summed E-state index contributed by atoms with van der Waals surface area (Å²) < 4.78 is 2.63. The Morgan fingerprint density at radius 1 is 1.26 bits per heavy atom. The molecule has 0 saturated heterocycles. The Balaban J connectivity index is 1.80. The molecule has 0 aliphatic rings. The van der Waals surface area contributed by atoms with Crippen molar-refractivity contribution < 1.29 is 4.79 Å². The highest BCUT2D eigenvalue weighted by atomic mass is 79.9. The molecule has 0 aliphatic carbocycles. The zero-order chi connectivity index (χ0) is 19.4. The highest BCUT2D eigenvalue weighted by Gasteiger charge is 2.13. The molecule has 0 aliphatic heterocycles. The normalized spacial score (nSPS) is 10.9. The van der Waals surface area contributed by atoms with Crippen LogP contribution >= 0.6 is 27.7 Å². The van der Waals surface area contributed by atoms with Crippen LogP contribution in [0.25, 0.3) is 10.9 Å². The molecule has 1 heterocycles. The molecule has 0 spiro atoms. The summed E-state index contributed by atoms with van der Waals surface area (Å²) in [5, 5.41) is 4.09. The van der Waals surface area contributed by atoms with E-state index >= 15 is 0 Å². The molecule has 3 aromatic rings. The van der Waals surface area contributed by atoms with Crippen LogP contribution in [0.4, 0.5) is 5.69 Å². The monoisotopic (exact) mass is 445 g/mol. The quantitative estimate of drug-likeness (QED) is 0.444. The summed E-state index contributed by atoms with van der Waals surface area (Å²) in [5.74, 6) is 0.0557. The first kappa shape index (κ1) is 19.6. The second-order valence-electron chi connectivity index (χ2n) is 6.16. The number of carbonyl (C=O) groups is 1. The number of rotatable bonds is 6. The van der Waals surface area contributed by atoms with Crippen molar-refractivity contribution in [2.45, 2.75) is 32.0 Å². The van der Waals surface area contributed by atoms with E-state index in [1.807, 2.05) is 50.2 Å². The Morgan fingerprint density at radius 3 is 2.78 bits per heavy atom. The van der Waals surface area contributed by atoms with Crippen LogP contribution in [0.2, 0.25) is 0 Å². The van der Waals surface area contributed by atoms with Gasteiger partial charge in [0, 0.05) is 16.7 Å². The van der Waals surface area contributed by atoms with Gasteiger partial charge in [-0.15, -0.1) is 0 Å². The summed E-state index contributed by atoms with van der Waals surface area (Å²) in [6.07, 6.45) is 0.817. The highest BCUT2D eigenvalue weighted by molar-refractivity contribution is 9.10. The smallest absolute Gasteiger partial charge is 0.262 e. The fourth-order valence-corrected chi connectivity index (χ4v) is 4.06. The van der Waals surface area contributed by atoms with Gasteiger partial charge in [0.05, 0.1) is 16.7 Å². The van der Waals surface area contributed by atoms with Gasteiger partial charge in [-0.3, -0.25) is 14.2 Å². The predicted octanol–water partition coefficient (Wildman–Crippen LogP) is 4.61. The minimum atomic E-state index is -0.129. The van der Waals surface area contributed by atoms with Crippen LogP contribution in [0, 0.1) is 6.92 Å². The van der Waals surface area contributed by atoms with Crippen molar-refractivity contribution >= 4 is 50.2 Å². The number of nitrogens with zero attached hydrogens (tertiary/aromatic N) is 2. The first-order chi connectivity index (χ1) is 13.0. The van der Waals surface area contributed by atoms with E-state index in [1.165, 1.54) is 11.8 Å². The van der Waals surface area contributed by atoms with Gasteiger partial charge in [0.15, 0.2) is 5.16 Å². The number of hydrogen-bond acceptors (Lipinski definition) is 4. The number of fused-ring (bicyclic) bond motifs is 1. The second-order valence-corrected chi connectivity index (χ2v) is 8.02. The maximum atomic E-state index is 12.8. The lowest BCUT2D eigenvalue weighted by Gasteiger charge is -2.13. The standard InChI is InChI=1S/C20H20BrN3O2S/c1-3-10-24-19(26)15-6-4-5-7-17(15)23-20(24)27-12-18(25)22-16-9-8-14(21)11-13(16)2/h4-9,11H,3,10,12H2,1-2H3,(H,22,25). The van der Waals surface area contributed by atoms with Gasteiger partial charge in [-0.1, -0.05) is 46.7 Å². The molecular formula is C20H20BrN3O2S. The molecule has 140 valence electrons. The molecule has 0 radical (unpaired) electrons. The largest absolute Gasteiger partial charge is 0.325 e. The molecule has 1 N–H and O–H groups in total. The van der Waals surface area contributed by atoms with Gasteiger partial charge in [0.25, 0.3) is 5.56 Å². The fraction of sp³-hybridized carbons (Fsp3) is 0.250. The van der Waals surface area contributed by atoms with E-state index in [9.17, 15) is 9.59 Å². The van der Waals surface area contributed by atoms with Crippen LogP contribution in [0.15, 0.2) is 56.9 Å². The average Bonchev–Trinajstić information content (AvgIpc) is 2.65. The Morgan fingerprint density at radius 2 is 2.04 bits per heavy atom. The number of carbonyl (C=O) groups excluding carboxylic acids is 1. The Labute approximate surface area is 170 Å². The molecule has 3 rings (SSSR count). The third kappa shape index (κ3) is 4.59. The van der Waals surface area contributed by atoms with Crippen LogP contribution in [0.1, 0.15) is 18.9 Å². The Kier molecular flexibility index (Phi) is 6.34. The van der Waals surface area contributed by atoms with E-state index in [0.717, 1.165) is 22.1 Å². The lowest BCUT2D eigenvalue weighted by atomic mass is 10.2. The van der Waals surface area contributed by atoms with Gasteiger partial charge in [0.2, 0.25) is 5.91 Å². The van der Waals surface area contributed by atoms with Gasteiger partial charge in [-0.25, -0.2) is 4.98 Å². The van der Waals surface area contributed by atoms with E-state index < -0.39 is 0 Å². The molecule has 27 heavy (non-hydrogen) atoms. The number of aryl methyl sites for hydroxylation is 1. The molecule has 5 nitrogen and oxygen atoms in total. The maximum absolute atomic E-state index is 12.8. The summed E-state index contributed by atoms with van der Waals surface area (Å²) in [6, 6.07) is 13.0. The number of benzene rings is 2. The van der Waals surface area contributed by atoms with Crippen LogP contribution < -0.4 is 10.9 Å². The zero-order valence-electron chi connectivity index (χ0n) is 15.2. The van der Waals surface area contributed by atoms with E-state index in [2.05, 4.69) is 26.2 Å². The van der Waals surface area contributed by atoms with Crippen LogP contribution in [-0.2, 0) is 11.3 Å². The average molecular weight is 446 g/mol. The number of amides is 1. The van der Waals surface area contributed by atoms with Crippen molar-refractivity contribution in [3.8, 4) is 0 Å². The van der Waals surface area contributed by atoms with Gasteiger partial charge in [0.1, 0.15) is 0 Å². The van der Waals surface area contributed by atoms with Crippen molar-refractivity contribution in [2.75, 3.05) is 11.1 Å². The summed E-state index contributed by atoms with van der Waals surface area (Å²) in [7, 11) is 0. The minimum Gasteiger partial charge on any atom is -0.325 e. The topological polar surface area (TPSA) is 64.0 Å². The van der Waals surface area contributed by atoms with E-state index in [1.54, 1.807) is 10.6 Å². The second kappa shape index (κ2) is 8.71. The fourth-order valence-electron chi connectivity index (χ4n) is 2.76. The van der Waals surface area contributed by atoms with Crippen molar-refractivity contribution in [1.29, 1.82) is 0 Å². The molecular weight excluding hydrogens is 426 g/mol. The third-order valence-electron chi connectivity index (χ3n) is 4.07. The molecule has 7 heteroatoms. The van der Waals surface area contributed by atoms with Crippen molar-refractivity contribution in [1.82, 2.24) is 9.55 Å². The first-order valence-electron chi connectivity index (χ1n) is 8.68. The summed E-state index contributed by atoms with van der Waals surface area (Å²) in [5.41, 5.74) is 2.35. The van der Waals surface area contributed by atoms with E-state index in [4.69, 9.17) is 0 Å². The first-order valence-corrected chi connectivity index (χ1v) is 10.5. The van der Waals surface area contributed by atoms with E-state index in [0.29, 0.717) is 22.6 Å². The Hall–Kier alpha value is -2.12. The van der Waals surface area contributed by atoms with Gasteiger partial charge in [-0.2, -0.15) is 0 Å². The van der Waals surface area contributed by atoms with Crippen LogP contribution in [0.5, 0.6) is 0 Å². The lowest BCUT2D eigenvalue weighted by Crippen LogP contribution is -2.24. The van der Waals surface area contributed by atoms with Crippen molar-refractivity contribution in [2.24, 2.45) is 0 Å². The van der Waals surface area contributed by atoms with E-state index in [-0.39, 0.29) is 17.2 Å². The maximum Gasteiger partial charge on any atom is 0.262 e. The van der Waals surface area contributed by atoms with Crippen LogP contribution in [0.3, 0.4) is 0 Å². The molecule has 1 aromatic heterocycles. The molecule has 0 atom stereocenters. The number of anilines is 1.